The van der Waals surface area contributed by atoms with Crippen LogP contribution in [0, 0.1) is 17.2 Å². The van der Waals surface area contributed by atoms with E-state index < -0.39 is 35.0 Å². The fourth-order valence-electron chi connectivity index (χ4n) is 4.84. The van der Waals surface area contributed by atoms with Gasteiger partial charge in [-0.2, -0.15) is 0 Å². The lowest BCUT2D eigenvalue weighted by Crippen LogP contribution is -2.41. The molecular weight excluding hydrogens is 448 g/mol. The third-order valence-electron chi connectivity index (χ3n) is 6.36. The molecule has 5 rings (SSSR count). The Morgan fingerprint density at radius 2 is 1.82 bits per heavy atom. The molecule has 5 unspecified atom stereocenters. The van der Waals surface area contributed by atoms with Gasteiger partial charge in [0.15, 0.2) is 22.6 Å². The number of nitrogens with zero attached hydrogens (tertiary/aromatic N) is 1. The fourth-order valence-corrected chi connectivity index (χ4v) is 5.45. The predicted molar refractivity (Wildman–Crippen MR) is 118 cm³/mol. The van der Waals surface area contributed by atoms with Crippen molar-refractivity contribution in [1.29, 1.82) is 5.41 Å². The molecule has 0 spiro atoms. The summed E-state index contributed by atoms with van der Waals surface area (Å²) in [6.45, 7) is 0.201. The molecule has 0 bridgehead atoms. The number of benzene rings is 2. The highest BCUT2D eigenvalue weighted by Gasteiger charge is 2.59. The van der Waals surface area contributed by atoms with Crippen molar-refractivity contribution in [1.82, 2.24) is 10.2 Å². The summed E-state index contributed by atoms with van der Waals surface area (Å²) >= 11 is -2.14. The van der Waals surface area contributed by atoms with E-state index in [1.54, 1.807) is 42.5 Å². The summed E-state index contributed by atoms with van der Waals surface area (Å²) < 4.78 is 31.8. The number of carbonyl (C=O) groups is 2. The Labute approximate surface area is 191 Å². The summed E-state index contributed by atoms with van der Waals surface area (Å²) in [5, 5.41) is 10.8. The van der Waals surface area contributed by atoms with Gasteiger partial charge in [0.1, 0.15) is 5.84 Å². The van der Waals surface area contributed by atoms with Crippen LogP contribution in [0.25, 0.3) is 0 Å². The van der Waals surface area contributed by atoms with Gasteiger partial charge in [0.05, 0.1) is 24.1 Å². The quantitative estimate of drug-likeness (QED) is 0.208. The van der Waals surface area contributed by atoms with Gasteiger partial charge in [0, 0.05) is 17.6 Å². The first-order chi connectivity index (χ1) is 15.8. The number of fused-ring (bicyclic) bond motifs is 2. The van der Waals surface area contributed by atoms with Crippen LogP contribution < -0.4 is 20.5 Å². The molecule has 2 amide bonds. The van der Waals surface area contributed by atoms with E-state index in [4.69, 9.17) is 20.6 Å². The van der Waals surface area contributed by atoms with Gasteiger partial charge >= 0.3 is 0 Å². The molecule has 0 radical (unpaired) electrons. The van der Waals surface area contributed by atoms with E-state index in [0.29, 0.717) is 17.1 Å². The zero-order valence-electron chi connectivity index (χ0n) is 17.4. The second-order valence-corrected chi connectivity index (χ2v) is 9.25. The standard InChI is InChI=1S/C22H22N4O6S/c23-20(24)13-4-2-12(3-5-13)19-18-17(14(25-19)9-33(29)30)21(27)26(22(18)28)8-11-1-6-15-16(7-11)32-10-31-15/h1-7,14,17-19,25H,8-10H2,(H3,23,24)(H,29,30). The van der Waals surface area contributed by atoms with Gasteiger partial charge in [0.25, 0.3) is 0 Å². The van der Waals surface area contributed by atoms with Crippen LogP contribution in [0.15, 0.2) is 42.5 Å². The predicted octanol–water partition coefficient (Wildman–Crippen LogP) is 0.735. The SMILES string of the molecule is N=C(N)c1ccc(C2NC(CS(=O)O)C3C(=O)N(Cc4ccc5c(c4)OCO5)C(=O)C23)cc1. The van der Waals surface area contributed by atoms with E-state index in [1.165, 1.54) is 4.90 Å². The molecule has 172 valence electrons. The summed E-state index contributed by atoms with van der Waals surface area (Å²) in [7, 11) is 0. The van der Waals surface area contributed by atoms with Gasteiger partial charge in [0.2, 0.25) is 18.6 Å². The van der Waals surface area contributed by atoms with Gasteiger partial charge in [-0.1, -0.05) is 30.3 Å². The van der Waals surface area contributed by atoms with Crippen molar-refractivity contribution in [2.24, 2.45) is 17.6 Å². The molecule has 5 atom stereocenters. The van der Waals surface area contributed by atoms with E-state index in [-0.39, 0.29) is 36.7 Å². The van der Waals surface area contributed by atoms with Crippen LogP contribution >= 0.6 is 0 Å². The van der Waals surface area contributed by atoms with E-state index in [1.807, 2.05) is 0 Å². The van der Waals surface area contributed by atoms with Crippen molar-refractivity contribution in [3.8, 4) is 11.5 Å². The first-order valence-electron chi connectivity index (χ1n) is 10.3. The number of nitrogens with two attached hydrogens (primary N) is 1. The lowest BCUT2D eigenvalue weighted by Gasteiger charge is -2.22. The lowest BCUT2D eigenvalue weighted by molar-refractivity contribution is -0.141. The van der Waals surface area contributed by atoms with Crippen molar-refractivity contribution < 1.29 is 27.8 Å². The van der Waals surface area contributed by atoms with Crippen molar-refractivity contribution >= 4 is 28.7 Å². The number of amides is 2. The summed E-state index contributed by atoms with van der Waals surface area (Å²) in [5.41, 5.74) is 7.53. The molecule has 3 aliphatic rings. The third kappa shape index (κ3) is 3.77. The molecule has 2 fully saturated rings. The molecule has 10 nitrogen and oxygen atoms in total. The zero-order valence-corrected chi connectivity index (χ0v) is 18.2. The smallest absolute Gasteiger partial charge is 0.235 e. The number of nitrogen functional groups attached to an aromatic ring is 1. The minimum Gasteiger partial charge on any atom is -0.454 e. The van der Waals surface area contributed by atoms with E-state index in [2.05, 4.69) is 5.32 Å². The van der Waals surface area contributed by atoms with Gasteiger partial charge in [-0.05, 0) is 23.3 Å². The van der Waals surface area contributed by atoms with Crippen molar-refractivity contribution in [3.63, 3.8) is 0 Å². The topological polar surface area (TPSA) is 155 Å². The third-order valence-corrected chi connectivity index (χ3v) is 7.00. The summed E-state index contributed by atoms with van der Waals surface area (Å²) in [5.74, 6) is -1.22. The molecule has 0 saturated carbocycles. The number of imide groups is 1. The van der Waals surface area contributed by atoms with Gasteiger partial charge in [-0.25, -0.2) is 4.21 Å². The number of hydrogen-bond acceptors (Lipinski definition) is 7. The molecule has 2 aromatic rings. The second kappa shape index (κ2) is 8.25. The normalized spacial score (nSPS) is 26.5. The fraction of sp³-hybridized carbons (Fsp3) is 0.318. The molecule has 33 heavy (non-hydrogen) atoms. The molecule has 0 aromatic heterocycles. The van der Waals surface area contributed by atoms with Crippen LogP contribution in [-0.2, 0) is 27.2 Å². The number of hydrogen-bond donors (Lipinski definition) is 4. The number of likely N-dealkylation sites (tertiary alicyclic amines) is 1. The Morgan fingerprint density at radius 1 is 1.12 bits per heavy atom. The average molecular weight is 471 g/mol. The Hall–Kier alpha value is -3.28. The number of carbonyl (C=O) groups excluding carboxylic acids is 2. The van der Waals surface area contributed by atoms with Crippen LogP contribution in [0.3, 0.4) is 0 Å². The molecule has 3 heterocycles. The van der Waals surface area contributed by atoms with E-state index in [9.17, 15) is 18.4 Å². The van der Waals surface area contributed by atoms with Crippen LogP contribution in [0.2, 0.25) is 0 Å². The van der Waals surface area contributed by atoms with Crippen LogP contribution in [0.4, 0.5) is 0 Å². The lowest BCUT2D eigenvalue weighted by atomic mass is 9.86. The Morgan fingerprint density at radius 3 is 2.52 bits per heavy atom. The van der Waals surface area contributed by atoms with Gasteiger partial charge < -0.3 is 25.1 Å². The maximum absolute atomic E-state index is 13.4. The average Bonchev–Trinajstić information content (AvgIpc) is 3.46. The first kappa shape index (κ1) is 21.6. The minimum atomic E-state index is -2.14. The molecule has 2 aromatic carbocycles. The number of ether oxygens (including phenoxy) is 2. The van der Waals surface area contributed by atoms with E-state index >= 15 is 0 Å². The Bertz CT molecular complexity index is 1170. The van der Waals surface area contributed by atoms with Gasteiger partial charge in [-0.3, -0.25) is 19.9 Å². The van der Waals surface area contributed by atoms with E-state index in [0.717, 1.165) is 11.1 Å². The second-order valence-electron chi connectivity index (χ2n) is 8.28. The number of amidine groups is 1. The Balaban J connectivity index is 1.45. The highest BCUT2D eigenvalue weighted by molar-refractivity contribution is 7.79. The number of nitrogens with one attached hydrogen (secondary N) is 2. The van der Waals surface area contributed by atoms with Crippen LogP contribution in [0.1, 0.15) is 22.7 Å². The molecule has 0 aliphatic carbocycles. The zero-order chi connectivity index (χ0) is 23.3. The largest absolute Gasteiger partial charge is 0.454 e. The molecular formula is C22H22N4O6S. The molecule has 11 heteroatoms. The van der Waals surface area contributed by atoms with Crippen molar-refractivity contribution in [2.45, 2.75) is 18.6 Å². The molecule has 5 N–H and O–H groups in total. The highest BCUT2D eigenvalue weighted by Crippen LogP contribution is 2.45. The maximum Gasteiger partial charge on any atom is 0.235 e. The van der Waals surface area contributed by atoms with Crippen molar-refractivity contribution in [2.75, 3.05) is 12.5 Å². The maximum atomic E-state index is 13.4. The van der Waals surface area contributed by atoms with Gasteiger partial charge in [-0.15, -0.1) is 0 Å². The summed E-state index contributed by atoms with van der Waals surface area (Å²) in [6.07, 6.45) is 0. The molecule has 3 aliphatic heterocycles. The van der Waals surface area contributed by atoms with Crippen molar-refractivity contribution in [3.05, 3.63) is 59.2 Å². The monoisotopic (exact) mass is 470 g/mol. The minimum absolute atomic E-state index is 0.0746. The Kier molecular flexibility index (Phi) is 5.39. The first-order valence-corrected chi connectivity index (χ1v) is 11.6. The van der Waals surface area contributed by atoms with Crippen LogP contribution in [-0.4, -0.2) is 49.9 Å². The summed E-state index contributed by atoms with van der Waals surface area (Å²) in [4.78, 5) is 28.0. The van der Waals surface area contributed by atoms with Crippen LogP contribution in [0.5, 0.6) is 11.5 Å². The number of rotatable bonds is 6. The summed E-state index contributed by atoms with van der Waals surface area (Å²) in [6, 6.07) is 11.0. The highest BCUT2D eigenvalue weighted by atomic mass is 32.2. The molecule has 2 saturated heterocycles.